The molecule has 3 heterocycles. The molecule has 27 heavy (non-hydrogen) atoms. The summed E-state index contributed by atoms with van der Waals surface area (Å²) in [5.41, 5.74) is 7.98. The minimum Gasteiger partial charge on any atom is -0.488 e. The Morgan fingerprint density at radius 2 is 2.11 bits per heavy atom. The molecule has 1 unspecified atom stereocenters. The number of rotatable bonds is 4. The molecular formula is C19H23FN6O. The van der Waals surface area contributed by atoms with Crippen molar-refractivity contribution < 1.29 is 9.13 Å². The molecule has 0 aliphatic carbocycles. The summed E-state index contributed by atoms with van der Waals surface area (Å²) >= 11 is 0. The number of nitrogens with two attached hydrogens (primary N) is 1. The van der Waals surface area contributed by atoms with E-state index in [9.17, 15) is 4.39 Å². The third-order valence-corrected chi connectivity index (χ3v) is 4.77. The molecule has 1 aliphatic heterocycles. The summed E-state index contributed by atoms with van der Waals surface area (Å²) < 4.78 is 19.8. The van der Waals surface area contributed by atoms with Crippen molar-refractivity contribution in [2.75, 3.05) is 11.4 Å². The molecule has 0 saturated carbocycles. The first-order chi connectivity index (χ1) is 12.9. The van der Waals surface area contributed by atoms with E-state index in [2.05, 4.69) is 32.0 Å². The molecular weight excluding hydrogens is 347 g/mol. The van der Waals surface area contributed by atoms with Gasteiger partial charge in [0.1, 0.15) is 17.8 Å². The van der Waals surface area contributed by atoms with E-state index in [0.717, 1.165) is 24.2 Å². The predicted octanol–water partition coefficient (Wildman–Crippen LogP) is 2.87. The maximum atomic E-state index is 14.2. The zero-order chi connectivity index (χ0) is 19.1. The zero-order valence-electron chi connectivity index (χ0n) is 15.6. The summed E-state index contributed by atoms with van der Waals surface area (Å²) in [5.74, 6) is 0.598. The van der Waals surface area contributed by atoms with Gasteiger partial charge in [0.2, 0.25) is 0 Å². The number of ether oxygens (including phenoxy) is 1. The topological polar surface area (TPSA) is 93.0 Å². The smallest absolute Gasteiger partial charge is 0.167 e. The highest BCUT2D eigenvalue weighted by Crippen LogP contribution is 2.32. The molecule has 1 fully saturated rings. The van der Waals surface area contributed by atoms with Crippen LogP contribution < -0.4 is 15.4 Å². The Labute approximate surface area is 156 Å². The van der Waals surface area contributed by atoms with Crippen LogP contribution in [0.5, 0.6) is 5.75 Å². The molecule has 142 valence electrons. The Morgan fingerprint density at radius 3 is 2.81 bits per heavy atom. The van der Waals surface area contributed by atoms with E-state index in [-0.39, 0.29) is 17.9 Å². The standard InChI is InChI=1S/C19H23FN6O/c1-10(2)27-17-5-13-15(6-14(17)20)24-25-19(13)16-7-18(23-9-22-16)26-8-12(21)4-11(26)3/h5-7,9-12H,4,8,21H2,1-3H3,(H,24,25)/t11?,12-/m1/s1. The fourth-order valence-electron chi connectivity index (χ4n) is 3.58. The highest BCUT2D eigenvalue weighted by atomic mass is 19.1. The third-order valence-electron chi connectivity index (χ3n) is 4.77. The summed E-state index contributed by atoms with van der Waals surface area (Å²) in [6.07, 6.45) is 2.33. The number of hydrogen-bond acceptors (Lipinski definition) is 6. The van der Waals surface area contributed by atoms with Crippen LogP contribution in [0, 0.1) is 5.82 Å². The number of nitrogens with zero attached hydrogens (tertiary/aromatic N) is 4. The van der Waals surface area contributed by atoms with Gasteiger partial charge in [0.05, 0.1) is 17.3 Å². The third kappa shape index (κ3) is 3.32. The van der Waals surface area contributed by atoms with Crippen molar-refractivity contribution >= 4 is 16.7 Å². The number of H-pyrrole nitrogens is 1. The van der Waals surface area contributed by atoms with E-state index in [1.807, 2.05) is 19.9 Å². The van der Waals surface area contributed by atoms with Crippen LogP contribution in [0.4, 0.5) is 10.2 Å². The number of anilines is 1. The van der Waals surface area contributed by atoms with Crippen molar-refractivity contribution in [1.82, 2.24) is 20.2 Å². The molecule has 0 spiro atoms. The molecule has 8 heteroatoms. The molecule has 1 saturated heterocycles. The first-order valence-corrected chi connectivity index (χ1v) is 9.11. The maximum Gasteiger partial charge on any atom is 0.167 e. The van der Waals surface area contributed by atoms with Crippen LogP contribution in [-0.4, -0.2) is 44.9 Å². The molecule has 0 amide bonds. The Bertz CT molecular complexity index is 972. The largest absolute Gasteiger partial charge is 0.488 e. The maximum absolute atomic E-state index is 14.2. The van der Waals surface area contributed by atoms with Crippen LogP contribution in [0.3, 0.4) is 0 Å². The first kappa shape index (κ1) is 17.7. The number of benzene rings is 1. The van der Waals surface area contributed by atoms with Crippen molar-refractivity contribution in [3.8, 4) is 17.1 Å². The second-order valence-corrected chi connectivity index (χ2v) is 7.33. The predicted molar refractivity (Wildman–Crippen MR) is 102 cm³/mol. The molecule has 3 aromatic rings. The van der Waals surface area contributed by atoms with Crippen LogP contribution in [-0.2, 0) is 0 Å². The van der Waals surface area contributed by atoms with Gasteiger partial charge >= 0.3 is 0 Å². The number of nitrogens with one attached hydrogen (secondary N) is 1. The van der Waals surface area contributed by atoms with Crippen molar-refractivity contribution in [2.24, 2.45) is 5.73 Å². The molecule has 0 radical (unpaired) electrons. The summed E-state index contributed by atoms with van der Waals surface area (Å²) in [7, 11) is 0. The Balaban J connectivity index is 1.75. The zero-order valence-corrected chi connectivity index (χ0v) is 15.6. The fraction of sp³-hybridized carbons (Fsp3) is 0.421. The number of halogens is 1. The van der Waals surface area contributed by atoms with Crippen LogP contribution in [0.2, 0.25) is 0 Å². The van der Waals surface area contributed by atoms with Crippen molar-refractivity contribution in [3.05, 3.63) is 30.3 Å². The van der Waals surface area contributed by atoms with Crippen LogP contribution >= 0.6 is 0 Å². The van der Waals surface area contributed by atoms with Gasteiger partial charge in [0, 0.05) is 36.1 Å². The molecule has 2 aromatic heterocycles. The normalized spacial score (nSPS) is 20.0. The van der Waals surface area contributed by atoms with Crippen LogP contribution in [0.15, 0.2) is 24.5 Å². The van der Waals surface area contributed by atoms with Gasteiger partial charge in [-0.25, -0.2) is 14.4 Å². The lowest BCUT2D eigenvalue weighted by Gasteiger charge is -2.22. The van der Waals surface area contributed by atoms with Gasteiger partial charge in [-0.2, -0.15) is 5.10 Å². The van der Waals surface area contributed by atoms with Crippen molar-refractivity contribution in [3.63, 3.8) is 0 Å². The van der Waals surface area contributed by atoms with E-state index in [1.54, 1.807) is 6.07 Å². The van der Waals surface area contributed by atoms with E-state index in [4.69, 9.17) is 10.5 Å². The van der Waals surface area contributed by atoms with Gasteiger partial charge in [-0.05, 0) is 33.3 Å². The van der Waals surface area contributed by atoms with Gasteiger partial charge in [-0.3, -0.25) is 5.10 Å². The molecule has 4 rings (SSSR count). The highest BCUT2D eigenvalue weighted by Gasteiger charge is 2.28. The average Bonchev–Trinajstić information content (AvgIpc) is 3.17. The number of aromatic nitrogens is 4. The van der Waals surface area contributed by atoms with Crippen molar-refractivity contribution in [2.45, 2.75) is 45.4 Å². The average molecular weight is 370 g/mol. The summed E-state index contributed by atoms with van der Waals surface area (Å²) in [6, 6.07) is 5.42. The van der Waals surface area contributed by atoms with Crippen LogP contribution in [0.25, 0.3) is 22.3 Å². The molecule has 3 N–H and O–H groups in total. The number of fused-ring (bicyclic) bond motifs is 1. The first-order valence-electron chi connectivity index (χ1n) is 9.11. The van der Waals surface area contributed by atoms with Crippen molar-refractivity contribution in [1.29, 1.82) is 0 Å². The highest BCUT2D eigenvalue weighted by molar-refractivity contribution is 5.93. The molecule has 1 aliphatic rings. The van der Waals surface area contributed by atoms with Gasteiger partial charge in [-0.15, -0.1) is 0 Å². The van der Waals surface area contributed by atoms with Gasteiger partial charge in [0.25, 0.3) is 0 Å². The minimum atomic E-state index is -0.422. The number of hydrogen-bond donors (Lipinski definition) is 2. The Kier molecular flexibility index (Phi) is 4.43. The van der Waals surface area contributed by atoms with Crippen LogP contribution in [0.1, 0.15) is 27.2 Å². The second-order valence-electron chi connectivity index (χ2n) is 7.33. The van der Waals surface area contributed by atoms with E-state index < -0.39 is 5.82 Å². The van der Waals surface area contributed by atoms with E-state index >= 15 is 0 Å². The lowest BCUT2D eigenvalue weighted by atomic mass is 10.1. The Hall–Kier alpha value is -2.74. The lowest BCUT2D eigenvalue weighted by molar-refractivity contribution is 0.231. The van der Waals surface area contributed by atoms with E-state index in [0.29, 0.717) is 22.9 Å². The lowest BCUT2D eigenvalue weighted by Crippen LogP contribution is -2.29. The quantitative estimate of drug-likeness (QED) is 0.734. The SMILES string of the molecule is CC(C)Oc1cc2c(-c3cc(N4C[C@H](N)CC4C)ncn3)n[nH]c2cc1F. The summed E-state index contributed by atoms with van der Waals surface area (Å²) in [6.45, 7) is 6.62. The minimum absolute atomic E-state index is 0.126. The second kappa shape index (κ2) is 6.77. The Morgan fingerprint density at radius 1 is 1.30 bits per heavy atom. The molecule has 2 atom stereocenters. The van der Waals surface area contributed by atoms with Gasteiger partial charge in [0.15, 0.2) is 11.6 Å². The van der Waals surface area contributed by atoms with Gasteiger partial charge in [-0.1, -0.05) is 0 Å². The summed E-state index contributed by atoms with van der Waals surface area (Å²) in [5, 5.41) is 7.97. The molecule has 0 bridgehead atoms. The molecule has 7 nitrogen and oxygen atoms in total. The number of aromatic amines is 1. The van der Waals surface area contributed by atoms with E-state index in [1.165, 1.54) is 12.4 Å². The molecule has 1 aromatic carbocycles. The van der Waals surface area contributed by atoms with Gasteiger partial charge < -0.3 is 15.4 Å². The monoisotopic (exact) mass is 370 g/mol. The fourth-order valence-corrected chi connectivity index (χ4v) is 3.58. The summed E-state index contributed by atoms with van der Waals surface area (Å²) in [4.78, 5) is 11.0.